The normalized spacial score (nSPS) is 10.8. The van der Waals surface area contributed by atoms with Gasteiger partial charge in [-0.1, -0.05) is 28.1 Å². The Morgan fingerprint density at radius 3 is 2.48 bits per heavy atom. The van der Waals surface area contributed by atoms with Crippen molar-refractivity contribution in [2.45, 2.75) is 19.8 Å². The van der Waals surface area contributed by atoms with Crippen LogP contribution in [0.5, 0.6) is 0 Å². The molecule has 0 radical (unpaired) electrons. The number of carbonyl (C=O) groups excluding carboxylic acids is 1. The number of rotatable bonds is 8. The zero-order valence-electron chi connectivity index (χ0n) is 13.9. The topological polar surface area (TPSA) is 75.6 Å². The number of ether oxygens (including phenoxy) is 1. The van der Waals surface area contributed by atoms with Gasteiger partial charge in [-0.05, 0) is 31.2 Å². The summed E-state index contributed by atoms with van der Waals surface area (Å²) in [7, 11) is 0.500. The summed E-state index contributed by atoms with van der Waals surface area (Å²) in [4.78, 5) is 23.0. The van der Waals surface area contributed by atoms with Crippen molar-refractivity contribution in [3.63, 3.8) is 0 Å². The van der Waals surface area contributed by atoms with Crippen molar-refractivity contribution < 1.29 is 28.2 Å². The van der Waals surface area contributed by atoms with Crippen LogP contribution in [-0.2, 0) is 9.53 Å². The van der Waals surface area contributed by atoms with Crippen molar-refractivity contribution in [3.05, 3.63) is 52.2 Å². The van der Waals surface area contributed by atoms with Gasteiger partial charge in [0.2, 0.25) is 12.8 Å². The number of benzene rings is 1. The Morgan fingerprint density at radius 2 is 1.92 bits per heavy atom. The first-order chi connectivity index (χ1) is 12.0. The largest absolute Gasteiger partial charge is 0.478 e. The van der Waals surface area contributed by atoms with Gasteiger partial charge in [0.05, 0.1) is 24.2 Å². The van der Waals surface area contributed by atoms with Gasteiger partial charge in [-0.3, -0.25) is 9.18 Å². The van der Waals surface area contributed by atoms with Gasteiger partial charge >= 0.3 is 5.97 Å². The maximum atomic E-state index is 12.0. The van der Waals surface area contributed by atoms with Gasteiger partial charge < -0.3 is 15.2 Å². The average Bonchev–Trinajstić information content (AvgIpc) is 2.60. The van der Waals surface area contributed by atoms with E-state index in [1.165, 1.54) is 12.1 Å². The van der Waals surface area contributed by atoms with Crippen molar-refractivity contribution in [2.24, 2.45) is 0 Å². The summed E-state index contributed by atoms with van der Waals surface area (Å²) < 4.78 is 26.9. The number of amides is 1. The SMILES string of the molecule is C/C=C(\C/C=C\CC(=O)Nc1ccc(Br)cc1C(=O)O)OCF.CF. The number of anilines is 1. The molecule has 0 atom stereocenters. The molecule has 1 rings (SSSR count). The smallest absolute Gasteiger partial charge is 0.337 e. The number of hydrogen-bond donors (Lipinski definition) is 2. The van der Waals surface area contributed by atoms with Crippen LogP contribution < -0.4 is 5.32 Å². The lowest BCUT2D eigenvalue weighted by atomic mass is 10.1. The number of hydrogen-bond acceptors (Lipinski definition) is 3. The van der Waals surface area contributed by atoms with E-state index in [-0.39, 0.29) is 23.6 Å². The van der Waals surface area contributed by atoms with E-state index in [1.807, 2.05) is 0 Å². The van der Waals surface area contributed by atoms with Crippen LogP contribution in [-0.4, -0.2) is 31.0 Å². The molecule has 1 aromatic rings. The third-order valence-corrected chi connectivity index (χ3v) is 3.33. The Hall–Kier alpha value is -2.22. The van der Waals surface area contributed by atoms with Crippen LogP contribution in [0.4, 0.5) is 14.5 Å². The number of aromatic carboxylic acids is 1. The van der Waals surface area contributed by atoms with E-state index < -0.39 is 12.8 Å². The third-order valence-electron chi connectivity index (χ3n) is 2.84. The first-order valence-corrected chi connectivity index (χ1v) is 7.96. The zero-order chi connectivity index (χ0) is 19.2. The molecule has 0 aliphatic rings. The highest BCUT2D eigenvalue weighted by atomic mass is 79.9. The summed E-state index contributed by atoms with van der Waals surface area (Å²) in [5.74, 6) is -0.997. The predicted molar refractivity (Wildman–Crippen MR) is 96.0 cm³/mol. The lowest BCUT2D eigenvalue weighted by molar-refractivity contribution is -0.115. The van der Waals surface area contributed by atoms with Crippen LogP contribution in [0.1, 0.15) is 30.1 Å². The molecule has 0 aliphatic heterocycles. The van der Waals surface area contributed by atoms with Gasteiger partial charge in [0, 0.05) is 17.3 Å². The van der Waals surface area contributed by atoms with E-state index >= 15 is 0 Å². The molecule has 138 valence electrons. The van der Waals surface area contributed by atoms with Crippen LogP contribution in [0.25, 0.3) is 0 Å². The van der Waals surface area contributed by atoms with Gasteiger partial charge in [0.15, 0.2) is 0 Å². The Bertz CT molecular complexity index is 633. The highest BCUT2D eigenvalue weighted by Gasteiger charge is 2.12. The molecule has 5 nitrogen and oxygen atoms in total. The molecule has 2 N–H and O–H groups in total. The van der Waals surface area contributed by atoms with Crippen molar-refractivity contribution >= 4 is 33.5 Å². The van der Waals surface area contributed by atoms with Gasteiger partial charge in [-0.25, -0.2) is 9.18 Å². The van der Waals surface area contributed by atoms with Crippen molar-refractivity contribution in [1.29, 1.82) is 0 Å². The molecule has 0 saturated heterocycles. The second-order valence-electron chi connectivity index (χ2n) is 4.43. The molecule has 1 amide bonds. The van der Waals surface area contributed by atoms with Crippen molar-refractivity contribution in [2.75, 3.05) is 19.4 Å². The molecule has 0 spiro atoms. The number of carboxylic acid groups (broad SMARTS) is 1. The first-order valence-electron chi connectivity index (χ1n) is 7.17. The van der Waals surface area contributed by atoms with Gasteiger partial charge in [-0.2, -0.15) is 0 Å². The number of alkyl halides is 2. The Balaban J connectivity index is 0.00000277. The van der Waals surface area contributed by atoms with Crippen LogP contribution in [0.15, 0.2) is 46.7 Å². The maximum Gasteiger partial charge on any atom is 0.337 e. The van der Waals surface area contributed by atoms with Crippen LogP contribution in [0.2, 0.25) is 0 Å². The molecule has 25 heavy (non-hydrogen) atoms. The monoisotopic (exact) mass is 419 g/mol. The molecular weight excluding hydrogens is 400 g/mol. The summed E-state index contributed by atoms with van der Waals surface area (Å²) in [6.45, 7) is 0.835. The summed E-state index contributed by atoms with van der Waals surface area (Å²) >= 11 is 3.18. The van der Waals surface area contributed by atoms with Crippen LogP contribution in [0, 0.1) is 0 Å². The number of halogens is 3. The quantitative estimate of drug-likeness (QED) is 0.466. The average molecular weight is 420 g/mol. The zero-order valence-corrected chi connectivity index (χ0v) is 15.5. The fourth-order valence-electron chi connectivity index (χ4n) is 1.72. The van der Waals surface area contributed by atoms with E-state index in [9.17, 15) is 18.4 Å². The van der Waals surface area contributed by atoms with E-state index in [2.05, 4.69) is 21.2 Å². The standard InChI is InChI=1S/C16H17BrFNO4.CH3F/c1-2-12(23-10-18)5-3-4-6-15(20)19-14-8-7-11(17)9-13(14)16(21)22;1-2/h2-4,7-9H,5-6,10H2,1H3,(H,19,20)(H,21,22);1H3/b4-3-,12-2+;. The molecule has 0 saturated carbocycles. The minimum Gasteiger partial charge on any atom is -0.478 e. The number of carbonyl (C=O) groups is 2. The fourth-order valence-corrected chi connectivity index (χ4v) is 2.08. The summed E-state index contributed by atoms with van der Waals surface area (Å²) in [6, 6.07) is 4.58. The highest BCUT2D eigenvalue weighted by Crippen LogP contribution is 2.21. The number of nitrogens with one attached hydrogen (secondary N) is 1. The maximum absolute atomic E-state index is 12.0. The Labute approximate surface area is 153 Å². The molecule has 8 heteroatoms. The summed E-state index contributed by atoms with van der Waals surface area (Å²) in [5, 5.41) is 11.7. The summed E-state index contributed by atoms with van der Waals surface area (Å²) in [6.07, 6.45) is 5.39. The Kier molecular flexibility index (Phi) is 11.9. The van der Waals surface area contributed by atoms with Crippen molar-refractivity contribution in [1.82, 2.24) is 0 Å². The van der Waals surface area contributed by atoms with Gasteiger partial charge in [0.1, 0.15) is 0 Å². The van der Waals surface area contributed by atoms with Gasteiger partial charge in [-0.15, -0.1) is 0 Å². The van der Waals surface area contributed by atoms with E-state index in [0.717, 1.165) is 0 Å². The van der Waals surface area contributed by atoms with E-state index in [0.29, 0.717) is 23.8 Å². The Morgan fingerprint density at radius 1 is 1.28 bits per heavy atom. The molecule has 1 aromatic carbocycles. The summed E-state index contributed by atoms with van der Waals surface area (Å²) in [5.41, 5.74) is 0.234. The number of carboxylic acids is 1. The van der Waals surface area contributed by atoms with Gasteiger partial charge in [0.25, 0.3) is 0 Å². The van der Waals surface area contributed by atoms with Crippen LogP contribution in [0.3, 0.4) is 0 Å². The molecule has 0 unspecified atom stereocenters. The molecule has 0 bridgehead atoms. The van der Waals surface area contributed by atoms with Crippen LogP contribution >= 0.6 is 15.9 Å². The lowest BCUT2D eigenvalue weighted by Crippen LogP contribution is -2.13. The van der Waals surface area contributed by atoms with E-state index in [1.54, 1.807) is 31.2 Å². The molecular formula is C17H20BrF2NO4. The molecule has 0 heterocycles. The minimum absolute atomic E-state index is 0.00394. The van der Waals surface area contributed by atoms with Crippen molar-refractivity contribution in [3.8, 4) is 0 Å². The molecule has 0 aromatic heterocycles. The highest BCUT2D eigenvalue weighted by molar-refractivity contribution is 9.10. The van der Waals surface area contributed by atoms with E-state index in [4.69, 9.17) is 9.84 Å². The number of allylic oxidation sites excluding steroid dienone is 2. The molecule has 0 aliphatic carbocycles. The predicted octanol–water partition coefficient (Wildman–Crippen LogP) is 4.86. The lowest BCUT2D eigenvalue weighted by Gasteiger charge is -2.08. The second-order valence-corrected chi connectivity index (χ2v) is 5.35. The fraction of sp³-hybridized carbons (Fsp3) is 0.294. The molecule has 0 fully saturated rings. The first kappa shape index (κ1) is 22.8. The third kappa shape index (κ3) is 8.99. The second kappa shape index (κ2) is 13.1. The minimum atomic E-state index is -1.13.